The summed E-state index contributed by atoms with van der Waals surface area (Å²) in [6.45, 7) is 0.0146. The van der Waals surface area contributed by atoms with E-state index in [9.17, 15) is 18.0 Å². The number of nitrogens with one attached hydrogen (secondary N) is 1. The lowest BCUT2D eigenvalue weighted by atomic mass is 10.3. The third kappa shape index (κ3) is 2.91. The minimum atomic E-state index is -4.02. The lowest BCUT2D eigenvalue weighted by molar-refractivity contribution is -0.149. The third-order valence-corrected chi connectivity index (χ3v) is 4.93. The number of aromatic carboxylic acids is 1. The number of aromatic amines is 1. The van der Waals surface area contributed by atoms with Gasteiger partial charge in [0.05, 0.1) is 20.3 Å². The number of carbonyl (C=O) groups is 2. The summed E-state index contributed by atoms with van der Waals surface area (Å²) >= 11 is 0. The van der Waals surface area contributed by atoms with Crippen LogP contribution in [-0.2, 0) is 24.3 Å². The molecular formula is C11H14N2O7S. The zero-order valence-corrected chi connectivity index (χ0v) is 11.9. The Kier molecular flexibility index (Phi) is 4.30. The van der Waals surface area contributed by atoms with E-state index in [1.807, 2.05) is 0 Å². The molecule has 2 N–H and O–H groups in total. The maximum Gasteiger partial charge on any atom is 0.352 e. The Bertz CT molecular complexity index is 651. The zero-order chi connectivity index (χ0) is 15.6. The topological polar surface area (TPSA) is 126 Å². The van der Waals surface area contributed by atoms with Crippen LogP contribution in [0.4, 0.5) is 0 Å². The summed E-state index contributed by atoms with van der Waals surface area (Å²) in [6, 6.07) is -0.0847. The van der Waals surface area contributed by atoms with Gasteiger partial charge in [-0.15, -0.1) is 0 Å². The minimum absolute atomic E-state index is 0.0182. The van der Waals surface area contributed by atoms with Crippen molar-refractivity contribution in [3.05, 3.63) is 18.0 Å². The van der Waals surface area contributed by atoms with Crippen LogP contribution in [0.15, 0.2) is 17.2 Å². The van der Waals surface area contributed by atoms with E-state index in [-0.39, 0.29) is 30.3 Å². The molecule has 9 nitrogen and oxygen atoms in total. The van der Waals surface area contributed by atoms with Gasteiger partial charge in [-0.2, -0.15) is 4.31 Å². The highest BCUT2D eigenvalue weighted by molar-refractivity contribution is 7.89. The van der Waals surface area contributed by atoms with Gasteiger partial charge in [-0.3, -0.25) is 4.79 Å². The number of carboxylic acid groups (broad SMARTS) is 1. The number of esters is 1. The molecule has 1 aliphatic heterocycles. The maximum atomic E-state index is 12.5. The normalized spacial score (nSPS) is 20.1. The van der Waals surface area contributed by atoms with Crippen molar-refractivity contribution in [2.45, 2.75) is 10.9 Å². The lowest BCUT2D eigenvalue weighted by Gasteiger charge is -2.32. The highest BCUT2D eigenvalue weighted by Gasteiger charge is 2.39. The van der Waals surface area contributed by atoms with Crippen molar-refractivity contribution in [1.29, 1.82) is 0 Å². The van der Waals surface area contributed by atoms with Crippen LogP contribution in [0.2, 0.25) is 0 Å². The highest BCUT2D eigenvalue weighted by Crippen LogP contribution is 2.22. The SMILES string of the molecule is COC(=O)C1COCCN1S(=O)(=O)c1c[nH]c(C(=O)O)c1. The summed E-state index contributed by atoms with van der Waals surface area (Å²) in [5.74, 6) is -2.00. The molecule has 1 aromatic heterocycles. The van der Waals surface area contributed by atoms with Crippen molar-refractivity contribution in [2.24, 2.45) is 0 Å². The number of hydrogen-bond acceptors (Lipinski definition) is 6. The van der Waals surface area contributed by atoms with Gasteiger partial charge in [-0.05, 0) is 6.07 Å². The van der Waals surface area contributed by atoms with Gasteiger partial charge in [0, 0.05) is 12.7 Å². The molecule has 1 saturated heterocycles. The lowest BCUT2D eigenvalue weighted by Crippen LogP contribution is -2.52. The van der Waals surface area contributed by atoms with Crippen molar-refractivity contribution in [2.75, 3.05) is 26.9 Å². The van der Waals surface area contributed by atoms with Crippen LogP contribution in [0.5, 0.6) is 0 Å². The van der Waals surface area contributed by atoms with E-state index in [4.69, 9.17) is 9.84 Å². The number of hydrogen-bond donors (Lipinski definition) is 2. The Hall–Kier alpha value is -1.91. The highest BCUT2D eigenvalue weighted by atomic mass is 32.2. The fourth-order valence-corrected chi connectivity index (χ4v) is 3.52. The maximum absolute atomic E-state index is 12.5. The monoisotopic (exact) mass is 318 g/mol. The van der Waals surface area contributed by atoms with Crippen LogP contribution >= 0.6 is 0 Å². The van der Waals surface area contributed by atoms with Crippen LogP contribution in [0.1, 0.15) is 10.5 Å². The summed E-state index contributed by atoms with van der Waals surface area (Å²) in [5, 5.41) is 8.82. The number of rotatable bonds is 4. The summed E-state index contributed by atoms with van der Waals surface area (Å²) in [4.78, 5) is 24.6. The Morgan fingerprint density at radius 3 is 2.81 bits per heavy atom. The number of nitrogens with zero attached hydrogens (tertiary/aromatic N) is 1. The van der Waals surface area contributed by atoms with E-state index >= 15 is 0 Å². The average Bonchev–Trinajstić information content (AvgIpc) is 2.97. The molecular weight excluding hydrogens is 304 g/mol. The van der Waals surface area contributed by atoms with Crippen molar-refractivity contribution in [3.8, 4) is 0 Å². The van der Waals surface area contributed by atoms with E-state index < -0.39 is 28.0 Å². The second kappa shape index (κ2) is 5.84. The molecule has 2 rings (SSSR count). The van der Waals surface area contributed by atoms with E-state index in [0.29, 0.717) is 0 Å². The summed E-state index contributed by atoms with van der Waals surface area (Å²) in [6.07, 6.45) is 1.07. The van der Waals surface area contributed by atoms with Gasteiger partial charge in [0.15, 0.2) is 0 Å². The molecule has 116 valence electrons. The first-order chi connectivity index (χ1) is 9.87. The van der Waals surface area contributed by atoms with Crippen molar-refractivity contribution < 1.29 is 32.6 Å². The Morgan fingerprint density at radius 1 is 1.52 bits per heavy atom. The quantitative estimate of drug-likeness (QED) is 0.701. The predicted molar refractivity (Wildman–Crippen MR) is 68.3 cm³/mol. The van der Waals surface area contributed by atoms with Crippen molar-refractivity contribution in [3.63, 3.8) is 0 Å². The largest absolute Gasteiger partial charge is 0.477 e. The summed E-state index contributed by atoms with van der Waals surface area (Å²) in [7, 11) is -2.87. The smallest absolute Gasteiger partial charge is 0.352 e. The van der Waals surface area contributed by atoms with Crippen molar-refractivity contribution >= 4 is 22.0 Å². The Labute approximate surface area is 120 Å². The Balaban J connectivity index is 2.35. The predicted octanol–water partition coefficient (Wildman–Crippen LogP) is -0.725. The average molecular weight is 318 g/mol. The van der Waals surface area contributed by atoms with Gasteiger partial charge in [0.1, 0.15) is 16.6 Å². The number of sulfonamides is 1. The number of carbonyl (C=O) groups excluding carboxylic acids is 1. The molecule has 21 heavy (non-hydrogen) atoms. The van der Waals surface area contributed by atoms with E-state index in [0.717, 1.165) is 23.7 Å². The van der Waals surface area contributed by atoms with Crippen molar-refractivity contribution in [1.82, 2.24) is 9.29 Å². The third-order valence-electron chi connectivity index (χ3n) is 3.05. The van der Waals surface area contributed by atoms with Gasteiger partial charge in [0.25, 0.3) is 0 Å². The van der Waals surface area contributed by atoms with Crippen LogP contribution in [0.25, 0.3) is 0 Å². The summed E-state index contributed by atoms with van der Waals surface area (Å²) in [5.41, 5.74) is -0.253. The molecule has 1 aromatic rings. The molecule has 1 fully saturated rings. The first kappa shape index (κ1) is 15.5. The molecule has 0 aromatic carbocycles. The molecule has 10 heteroatoms. The van der Waals surface area contributed by atoms with Gasteiger partial charge < -0.3 is 19.6 Å². The molecule has 0 aliphatic carbocycles. The molecule has 0 spiro atoms. The van der Waals surface area contributed by atoms with E-state index in [2.05, 4.69) is 9.72 Å². The first-order valence-corrected chi connectivity index (χ1v) is 7.41. The van der Waals surface area contributed by atoms with E-state index in [1.54, 1.807) is 0 Å². The molecule has 1 aliphatic rings. The van der Waals surface area contributed by atoms with E-state index in [1.165, 1.54) is 0 Å². The second-order valence-electron chi connectivity index (χ2n) is 4.28. The van der Waals surface area contributed by atoms with Gasteiger partial charge >= 0.3 is 11.9 Å². The van der Waals surface area contributed by atoms with Gasteiger partial charge in [-0.1, -0.05) is 0 Å². The molecule has 0 radical (unpaired) electrons. The van der Waals surface area contributed by atoms with Crippen LogP contribution in [0, 0.1) is 0 Å². The van der Waals surface area contributed by atoms with Crippen LogP contribution < -0.4 is 0 Å². The molecule has 2 heterocycles. The van der Waals surface area contributed by atoms with Crippen LogP contribution in [-0.4, -0.2) is 67.7 Å². The fourth-order valence-electron chi connectivity index (χ4n) is 1.98. The van der Waals surface area contributed by atoms with Gasteiger partial charge in [0.2, 0.25) is 10.0 Å². The summed E-state index contributed by atoms with van der Waals surface area (Å²) < 4.78 is 35.6. The number of aromatic nitrogens is 1. The molecule has 0 saturated carbocycles. The fraction of sp³-hybridized carbons (Fsp3) is 0.455. The Morgan fingerprint density at radius 2 is 2.24 bits per heavy atom. The van der Waals surface area contributed by atoms with Crippen LogP contribution in [0.3, 0.4) is 0 Å². The number of ether oxygens (including phenoxy) is 2. The molecule has 1 unspecified atom stereocenters. The number of methoxy groups -OCH3 is 1. The molecule has 0 amide bonds. The first-order valence-electron chi connectivity index (χ1n) is 5.97. The standard InChI is InChI=1S/C11H14N2O7S/c1-19-11(16)9-6-20-3-2-13(9)21(17,18)7-4-8(10(14)15)12-5-7/h4-5,9,12H,2-3,6H2,1H3,(H,14,15). The zero-order valence-electron chi connectivity index (χ0n) is 11.1. The molecule has 1 atom stereocenters. The molecule has 0 bridgehead atoms. The van der Waals surface area contributed by atoms with Gasteiger partial charge in [-0.25, -0.2) is 13.2 Å². The number of carboxylic acids is 1. The minimum Gasteiger partial charge on any atom is -0.477 e. The number of H-pyrrole nitrogens is 1. The second-order valence-corrected chi connectivity index (χ2v) is 6.17. The number of morpholine rings is 1.